The van der Waals surface area contributed by atoms with Crippen LogP contribution in [0.2, 0.25) is 0 Å². The fourth-order valence-electron chi connectivity index (χ4n) is 2.24. The predicted octanol–water partition coefficient (Wildman–Crippen LogP) is 1.53. The van der Waals surface area contributed by atoms with Crippen LogP contribution in [0.15, 0.2) is 16.8 Å². The van der Waals surface area contributed by atoms with Gasteiger partial charge in [-0.05, 0) is 36.2 Å². The Balaban J connectivity index is 2.08. The molecule has 2 atom stereocenters. The maximum atomic E-state index is 12.5. The SMILES string of the molecule is C[C@@H]1CN(S(=O)(=O)N(C)Cc2ccsc2)C[C@H](C)O1. The molecule has 2 heterocycles. The van der Waals surface area contributed by atoms with Crippen LogP contribution >= 0.6 is 11.3 Å². The van der Waals surface area contributed by atoms with Gasteiger partial charge in [0, 0.05) is 26.7 Å². The van der Waals surface area contributed by atoms with Gasteiger partial charge in [-0.25, -0.2) is 0 Å². The van der Waals surface area contributed by atoms with Crippen LogP contribution in [0.3, 0.4) is 0 Å². The lowest BCUT2D eigenvalue weighted by atomic mass is 10.3. The van der Waals surface area contributed by atoms with Crippen molar-refractivity contribution >= 4 is 21.5 Å². The molecule has 0 amide bonds. The Morgan fingerprint density at radius 2 is 2.05 bits per heavy atom. The first-order chi connectivity index (χ1) is 8.89. The minimum Gasteiger partial charge on any atom is -0.373 e. The number of hydrogen-bond donors (Lipinski definition) is 0. The van der Waals surface area contributed by atoms with Crippen molar-refractivity contribution in [2.24, 2.45) is 0 Å². The van der Waals surface area contributed by atoms with Crippen LogP contribution < -0.4 is 0 Å². The third-order valence-electron chi connectivity index (χ3n) is 3.09. The van der Waals surface area contributed by atoms with Crippen molar-refractivity contribution in [1.29, 1.82) is 0 Å². The minimum atomic E-state index is -3.41. The van der Waals surface area contributed by atoms with E-state index in [0.29, 0.717) is 19.6 Å². The van der Waals surface area contributed by atoms with Gasteiger partial charge < -0.3 is 4.74 Å². The molecule has 1 saturated heterocycles. The highest BCUT2D eigenvalue weighted by Gasteiger charge is 2.33. The molecule has 0 aromatic carbocycles. The normalized spacial score (nSPS) is 25.9. The molecule has 1 aliphatic heterocycles. The molecular formula is C12H20N2O3S2. The third-order valence-corrected chi connectivity index (χ3v) is 5.69. The first-order valence-corrected chi connectivity index (χ1v) is 8.61. The number of morpholine rings is 1. The number of nitrogens with zero attached hydrogens (tertiary/aromatic N) is 2. The van der Waals surface area contributed by atoms with E-state index in [-0.39, 0.29) is 12.2 Å². The molecule has 1 aromatic rings. The summed E-state index contributed by atoms with van der Waals surface area (Å²) in [6, 6.07) is 1.95. The van der Waals surface area contributed by atoms with Crippen LogP contribution in [-0.2, 0) is 21.5 Å². The summed E-state index contributed by atoms with van der Waals surface area (Å²) >= 11 is 1.57. The van der Waals surface area contributed by atoms with E-state index < -0.39 is 10.2 Å². The average Bonchev–Trinajstić information content (AvgIpc) is 2.80. The summed E-state index contributed by atoms with van der Waals surface area (Å²) in [7, 11) is -1.79. The summed E-state index contributed by atoms with van der Waals surface area (Å²) in [6.07, 6.45) is -0.124. The number of hydrogen-bond acceptors (Lipinski definition) is 4. The van der Waals surface area contributed by atoms with Crippen LogP contribution in [0.1, 0.15) is 19.4 Å². The molecule has 0 saturated carbocycles. The van der Waals surface area contributed by atoms with E-state index in [9.17, 15) is 8.42 Å². The second-order valence-corrected chi connectivity index (χ2v) is 7.79. The molecule has 1 aromatic heterocycles. The molecule has 0 aliphatic carbocycles. The van der Waals surface area contributed by atoms with Crippen molar-refractivity contribution in [3.05, 3.63) is 22.4 Å². The monoisotopic (exact) mass is 304 g/mol. The van der Waals surface area contributed by atoms with Crippen LogP contribution in [-0.4, -0.2) is 49.4 Å². The van der Waals surface area contributed by atoms with Crippen molar-refractivity contribution in [2.45, 2.75) is 32.6 Å². The van der Waals surface area contributed by atoms with Crippen molar-refractivity contribution in [1.82, 2.24) is 8.61 Å². The zero-order valence-corrected chi connectivity index (χ0v) is 13.1. The van der Waals surface area contributed by atoms with Crippen molar-refractivity contribution in [3.8, 4) is 0 Å². The summed E-state index contributed by atoms with van der Waals surface area (Å²) in [5, 5.41) is 3.92. The zero-order chi connectivity index (χ0) is 14.0. The van der Waals surface area contributed by atoms with E-state index >= 15 is 0 Å². The number of ether oxygens (including phenoxy) is 1. The van der Waals surface area contributed by atoms with Crippen molar-refractivity contribution in [3.63, 3.8) is 0 Å². The highest BCUT2D eigenvalue weighted by molar-refractivity contribution is 7.86. The fourth-order valence-corrected chi connectivity index (χ4v) is 4.40. The molecule has 19 heavy (non-hydrogen) atoms. The van der Waals surface area contributed by atoms with Gasteiger partial charge in [-0.3, -0.25) is 0 Å². The standard InChI is InChI=1S/C12H20N2O3S2/c1-10-6-14(7-11(2)17-10)19(15,16)13(3)8-12-4-5-18-9-12/h4-5,9-11H,6-8H2,1-3H3/t10-,11+. The molecule has 0 N–H and O–H groups in total. The molecular weight excluding hydrogens is 284 g/mol. The lowest BCUT2D eigenvalue weighted by Gasteiger charge is -2.36. The lowest BCUT2D eigenvalue weighted by molar-refractivity contribution is -0.0453. The van der Waals surface area contributed by atoms with Crippen LogP contribution in [0.25, 0.3) is 0 Å². The van der Waals surface area contributed by atoms with Gasteiger partial charge in [-0.2, -0.15) is 28.4 Å². The van der Waals surface area contributed by atoms with Crippen molar-refractivity contribution in [2.75, 3.05) is 20.1 Å². The van der Waals surface area contributed by atoms with Crippen molar-refractivity contribution < 1.29 is 13.2 Å². The van der Waals surface area contributed by atoms with E-state index in [1.165, 1.54) is 8.61 Å². The summed E-state index contributed by atoms with van der Waals surface area (Å²) in [6.45, 7) is 5.04. The molecule has 1 aliphatic rings. The smallest absolute Gasteiger partial charge is 0.282 e. The largest absolute Gasteiger partial charge is 0.373 e. The molecule has 0 spiro atoms. The average molecular weight is 304 g/mol. The molecule has 0 unspecified atom stereocenters. The van der Waals surface area contributed by atoms with Crippen LogP contribution in [0.5, 0.6) is 0 Å². The Labute approximate surface area is 119 Å². The van der Waals surface area contributed by atoms with Gasteiger partial charge in [0.15, 0.2) is 0 Å². The predicted molar refractivity (Wildman–Crippen MR) is 76.3 cm³/mol. The Kier molecular flexibility index (Phi) is 4.62. The van der Waals surface area contributed by atoms with E-state index in [1.807, 2.05) is 30.7 Å². The highest BCUT2D eigenvalue weighted by Crippen LogP contribution is 2.18. The van der Waals surface area contributed by atoms with Gasteiger partial charge in [-0.15, -0.1) is 0 Å². The van der Waals surface area contributed by atoms with E-state index in [0.717, 1.165) is 5.56 Å². The van der Waals surface area contributed by atoms with Gasteiger partial charge in [0.25, 0.3) is 10.2 Å². The van der Waals surface area contributed by atoms with Gasteiger partial charge in [0.05, 0.1) is 12.2 Å². The van der Waals surface area contributed by atoms with Crippen LogP contribution in [0.4, 0.5) is 0 Å². The number of rotatable bonds is 4. The van der Waals surface area contributed by atoms with Gasteiger partial charge >= 0.3 is 0 Å². The molecule has 108 valence electrons. The summed E-state index contributed by atoms with van der Waals surface area (Å²) in [5.41, 5.74) is 1.02. The maximum Gasteiger partial charge on any atom is 0.282 e. The second-order valence-electron chi connectivity index (χ2n) is 4.97. The summed E-state index contributed by atoms with van der Waals surface area (Å²) < 4.78 is 33.5. The maximum absolute atomic E-state index is 12.5. The Morgan fingerprint density at radius 1 is 1.42 bits per heavy atom. The zero-order valence-electron chi connectivity index (χ0n) is 11.4. The second kappa shape index (κ2) is 5.88. The molecule has 7 heteroatoms. The quantitative estimate of drug-likeness (QED) is 0.848. The van der Waals surface area contributed by atoms with Crippen LogP contribution in [0, 0.1) is 0 Å². The molecule has 1 fully saturated rings. The molecule has 0 radical (unpaired) electrons. The van der Waals surface area contributed by atoms with Gasteiger partial charge in [-0.1, -0.05) is 0 Å². The van der Waals surface area contributed by atoms with E-state index in [2.05, 4.69) is 0 Å². The summed E-state index contributed by atoms with van der Waals surface area (Å²) in [4.78, 5) is 0. The Hall–Kier alpha value is -0.470. The van der Waals surface area contributed by atoms with Gasteiger partial charge in [0.1, 0.15) is 0 Å². The molecule has 2 rings (SSSR count). The Bertz CT molecular complexity index is 491. The van der Waals surface area contributed by atoms with E-state index in [4.69, 9.17) is 4.74 Å². The highest BCUT2D eigenvalue weighted by atomic mass is 32.2. The summed E-state index contributed by atoms with van der Waals surface area (Å²) in [5.74, 6) is 0. The Morgan fingerprint density at radius 3 is 2.58 bits per heavy atom. The molecule has 5 nitrogen and oxygen atoms in total. The fraction of sp³-hybridized carbons (Fsp3) is 0.667. The minimum absolute atomic E-state index is 0.0620. The first kappa shape index (κ1) is 14.9. The number of thiophene rings is 1. The third kappa shape index (κ3) is 3.55. The van der Waals surface area contributed by atoms with E-state index in [1.54, 1.807) is 18.4 Å². The topological polar surface area (TPSA) is 49.9 Å². The lowest BCUT2D eigenvalue weighted by Crippen LogP contribution is -2.52. The first-order valence-electron chi connectivity index (χ1n) is 6.27. The molecule has 0 bridgehead atoms. The van der Waals surface area contributed by atoms with Gasteiger partial charge in [0.2, 0.25) is 0 Å².